The Morgan fingerprint density at radius 1 is 0.909 bits per heavy atom. The van der Waals surface area contributed by atoms with Gasteiger partial charge in [-0.2, -0.15) is 5.26 Å². The molecule has 0 aliphatic carbocycles. The molecule has 0 radical (unpaired) electrons. The normalized spacial score (nSPS) is 17.7. The molecule has 3 heterocycles. The third-order valence-electron chi connectivity index (χ3n) is 10.8. The number of piperidine rings is 2. The SMILES string of the molecule is Cc1c(COc2cc(OCc3cncc(C#N)c3)c(CN3CCCC[C@H]3C(=O)O)cc2Cl)cccc1-c1cccc(OCCCN2CCCC(CO)C2)c1C. The monoisotopic (exact) mass is 766 g/mol. The van der Waals surface area contributed by atoms with Crippen LogP contribution in [0.4, 0.5) is 0 Å². The van der Waals surface area contributed by atoms with Crippen LogP contribution in [0, 0.1) is 31.1 Å². The van der Waals surface area contributed by atoms with Gasteiger partial charge in [-0.25, -0.2) is 0 Å². The first-order valence-electron chi connectivity index (χ1n) is 19.3. The lowest BCUT2D eigenvalue weighted by Gasteiger charge is -2.33. The van der Waals surface area contributed by atoms with E-state index in [1.165, 1.54) is 6.20 Å². The highest BCUT2D eigenvalue weighted by atomic mass is 35.5. The van der Waals surface area contributed by atoms with Crippen LogP contribution in [0.2, 0.25) is 5.02 Å². The Hall–Kier alpha value is -4.66. The van der Waals surface area contributed by atoms with Crippen molar-refractivity contribution in [3.8, 4) is 34.4 Å². The number of aromatic nitrogens is 1. The molecule has 11 heteroatoms. The molecule has 2 atom stereocenters. The van der Waals surface area contributed by atoms with E-state index in [0.29, 0.717) is 54.1 Å². The molecular weight excluding hydrogens is 716 g/mol. The zero-order chi connectivity index (χ0) is 38.7. The van der Waals surface area contributed by atoms with Crippen molar-refractivity contribution < 1.29 is 29.2 Å². The summed E-state index contributed by atoms with van der Waals surface area (Å²) in [7, 11) is 0. The van der Waals surface area contributed by atoms with E-state index < -0.39 is 12.0 Å². The van der Waals surface area contributed by atoms with Crippen LogP contribution in [0.5, 0.6) is 17.2 Å². The lowest BCUT2D eigenvalue weighted by molar-refractivity contribution is -0.144. The van der Waals surface area contributed by atoms with Crippen LogP contribution < -0.4 is 14.2 Å². The van der Waals surface area contributed by atoms with Gasteiger partial charge in [-0.1, -0.05) is 48.4 Å². The Balaban J connectivity index is 1.16. The quantitative estimate of drug-likeness (QED) is 0.108. The molecule has 290 valence electrons. The molecule has 2 saturated heterocycles. The molecule has 0 spiro atoms. The topological polar surface area (TPSA) is 128 Å². The lowest BCUT2D eigenvalue weighted by Crippen LogP contribution is -2.44. The molecular formula is C44H51ClN4O6. The lowest BCUT2D eigenvalue weighted by atomic mass is 9.93. The van der Waals surface area contributed by atoms with Crippen LogP contribution in [0.15, 0.2) is 67.0 Å². The number of rotatable bonds is 16. The fraction of sp³-hybridized carbons (Fsp3) is 0.432. The average molecular weight is 767 g/mol. The summed E-state index contributed by atoms with van der Waals surface area (Å²) in [6, 6.07) is 19.2. The van der Waals surface area contributed by atoms with Gasteiger partial charge in [-0.05, 0) is 111 Å². The number of nitriles is 1. The van der Waals surface area contributed by atoms with Crippen molar-refractivity contribution in [1.82, 2.24) is 14.8 Å². The van der Waals surface area contributed by atoms with Crippen molar-refractivity contribution in [3.05, 3.63) is 105 Å². The highest BCUT2D eigenvalue weighted by Gasteiger charge is 2.29. The minimum atomic E-state index is -0.832. The van der Waals surface area contributed by atoms with E-state index in [-0.39, 0.29) is 19.8 Å². The van der Waals surface area contributed by atoms with Crippen molar-refractivity contribution in [3.63, 3.8) is 0 Å². The average Bonchev–Trinajstić information content (AvgIpc) is 3.20. The van der Waals surface area contributed by atoms with E-state index in [1.807, 2.05) is 29.2 Å². The molecule has 0 bridgehead atoms. The van der Waals surface area contributed by atoms with Gasteiger partial charge in [0.15, 0.2) is 0 Å². The van der Waals surface area contributed by atoms with E-state index in [2.05, 4.69) is 41.9 Å². The first kappa shape index (κ1) is 40.0. The highest BCUT2D eigenvalue weighted by molar-refractivity contribution is 6.32. The van der Waals surface area contributed by atoms with E-state index in [4.69, 9.17) is 25.8 Å². The number of hydrogen-bond donors (Lipinski definition) is 2. The number of halogens is 1. The van der Waals surface area contributed by atoms with Crippen molar-refractivity contribution >= 4 is 17.6 Å². The zero-order valence-corrected chi connectivity index (χ0v) is 32.6. The second kappa shape index (κ2) is 19.3. The number of hydrogen-bond acceptors (Lipinski definition) is 9. The minimum Gasteiger partial charge on any atom is -0.493 e. The summed E-state index contributed by atoms with van der Waals surface area (Å²) < 4.78 is 19.0. The maximum Gasteiger partial charge on any atom is 0.320 e. The van der Waals surface area contributed by atoms with Crippen molar-refractivity contribution in [2.75, 3.05) is 39.4 Å². The molecule has 55 heavy (non-hydrogen) atoms. The molecule has 2 fully saturated rings. The molecule has 0 amide bonds. The molecule has 6 rings (SSSR count). The summed E-state index contributed by atoms with van der Waals surface area (Å²) >= 11 is 6.87. The third kappa shape index (κ3) is 10.4. The van der Waals surface area contributed by atoms with Gasteiger partial charge in [0, 0.05) is 55.8 Å². The molecule has 10 nitrogen and oxygen atoms in total. The van der Waals surface area contributed by atoms with Gasteiger partial charge >= 0.3 is 5.97 Å². The van der Waals surface area contributed by atoms with Gasteiger partial charge < -0.3 is 29.3 Å². The number of benzene rings is 3. The standard InChI is InChI=1S/C44H51ClN4O6/c1-30-35(10-5-11-37(30)38-12-6-14-41(31(38)2)53-18-8-16-48-15-7-9-32(25-48)27-50)29-55-43-21-42(54-28-34-19-33(22-46)23-47-24-34)36(20-39(43)45)26-49-17-4-3-13-40(49)44(51)52/h5-6,10-12,14,19-21,23-24,32,40,50H,3-4,7-9,13,15-18,25-29H2,1-2H3,(H,51,52)/t32?,40-/m0/s1. The Bertz CT molecular complexity index is 1980. The number of pyridine rings is 1. The number of likely N-dealkylation sites (tertiary alicyclic amines) is 2. The van der Waals surface area contributed by atoms with Crippen molar-refractivity contribution in [2.45, 2.75) is 78.2 Å². The number of ether oxygens (including phenoxy) is 3. The first-order chi connectivity index (χ1) is 26.7. The summed E-state index contributed by atoms with van der Waals surface area (Å²) in [5.41, 5.74) is 7.30. The summed E-state index contributed by atoms with van der Waals surface area (Å²) in [6.45, 7) is 9.54. The summed E-state index contributed by atoms with van der Waals surface area (Å²) in [6.07, 6.45) is 8.71. The number of aliphatic carboxylic acids is 1. The second-order valence-corrected chi connectivity index (χ2v) is 15.1. The molecule has 4 aromatic rings. The summed E-state index contributed by atoms with van der Waals surface area (Å²) in [5.74, 6) is 1.40. The van der Waals surface area contributed by atoms with Crippen LogP contribution in [0.3, 0.4) is 0 Å². The molecule has 2 aliphatic rings. The maximum absolute atomic E-state index is 12.1. The molecule has 1 unspecified atom stereocenters. The predicted molar refractivity (Wildman–Crippen MR) is 212 cm³/mol. The second-order valence-electron chi connectivity index (χ2n) is 14.7. The molecule has 2 aliphatic heterocycles. The zero-order valence-electron chi connectivity index (χ0n) is 31.8. The van der Waals surface area contributed by atoms with Gasteiger partial charge in [-0.15, -0.1) is 0 Å². The molecule has 1 aromatic heterocycles. The fourth-order valence-electron chi connectivity index (χ4n) is 7.74. The van der Waals surface area contributed by atoms with E-state index >= 15 is 0 Å². The Kier molecular flexibility index (Phi) is 14.0. The Morgan fingerprint density at radius 2 is 1.71 bits per heavy atom. The number of aliphatic hydroxyl groups excluding tert-OH is 1. The molecule has 2 N–H and O–H groups in total. The van der Waals surface area contributed by atoms with Crippen LogP contribution in [0.1, 0.15) is 71.9 Å². The largest absolute Gasteiger partial charge is 0.493 e. The van der Waals surface area contributed by atoms with Crippen LogP contribution >= 0.6 is 11.6 Å². The van der Waals surface area contributed by atoms with Crippen molar-refractivity contribution in [2.24, 2.45) is 5.92 Å². The van der Waals surface area contributed by atoms with Gasteiger partial charge in [0.1, 0.15) is 42.6 Å². The number of carboxylic acid groups (broad SMARTS) is 1. The van der Waals surface area contributed by atoms with Crippen LogP contribution in [-0.4, -0.2) is 76.4 Å². The van der Waals surface area contributed by atoms with E-state index in [9.17, 15) is 20.3 Å². The Morgan fingerprint density at radius 3 is 2.51 bits per heavy atom. The first-order valence-corrected chi connectivity index (χ1v) is 19.6. The maximum atomic E-state index is 12.1. The minimum absolute atomic E-state index is 0.158. The number of carbonyl (C=O) groups is 1. The van der Waals surface area contributed by atoms with Gasteiger partial charge in [-0.3, -0.25) is 14.7 Å². The van der Waals surface area contributed by atoms with Crippen LogP contribution in [-0.2, 0) is 24.6 Å². The predicted octanol–water partition coefficient (Wildman–Crippen LogP) is 7.96. The Labute approximate surface area is 329 Å². The summed E-state index contributed by atoms with van der Waals surface area (Å²) in [5, 5.41) is 29.2. The summed E-state index contributed by atoms with van der Waals surface area (Å²) in [4.78, 5) is 20.6. The fourth-order valence-corrected chi connectivity index (χ4v) is 7.98. The van der Waals surface area contributed by atoms with Crippen molar-refractivity contribution in [1.29, 1.82) is 5.26 Å². The van der Waals surface area contributed by atoms with Gasteiger partial charge in [0.2, 0.25) is 0 Å². The third-order valence-corrected chi connectivity index (χ3v) is 11.1. The number of aliphatic hydroxyl groups is 1. The van der Waals surface area contributed by atoms with E-state index in [0.717, 1.165) is 96.4 Å². The van der Waals surface area contributed by atoms with Gasteiger partial charge in [0.05, 0.1) is 17.2 Å². The highest BCUT2D eigenvalue weighted by Crippen LogP contribution is 2.37. The van der Waals surface area contributed by atoms with Crippen LogP contribution in [0.25, 0.3) is 11.1 Å². The van der Waals surface area contributed by atoms with Gasteiger partial charge in [0.25, 0.3) is 0 Å². The van der Waals surface area contributed by atoms with E-state index in [1.54, 1.807) is 24.4 Å². The number of carboxylic acids is 1. The molecule has 0 saturated carbocycles. The molecule has 3 aromatic carbocycles. The number of nitrogens with zero attached hydrogens (tertiary/aromatic N) is 4. The smallest absolute Gasteiger partial charge is 0.320 e.